The Morgan fingerprint density at radius 1 is 0.778 bits per heavy atom. The van der Waals surface area contributed by atoms with Crippen molar-refractivity contribution >= 4 is 23.0 Å². The van der Waals surface area contributed by atoms with Gasteiger partial charge in [-0.25, -0.2) is 0 Å². The molecule has 3 nitrogen and oxygen atoms in total. The fourth-order valence-corrected chi connectivity index (χ4v) is 2.77. The van der Waals surface area contributed by atoms with E-state index >= 15 is 0 Å². The quantitative estimate of drug-likeness (QED) is 0.624. The zero-order chi connectivity index (χ0) is 19.1. The maximum atomic E-state index is 12.2. The lowest BCUT2D eigenvalue weighted by Crippen LogP contribution is -2.25. The highest BCUT2D eigenvalue weighted by molar-refractivity contribution is 5.89. The van der Waals surface area contributed by atoms with Crippen LogP contribution in [0.5, 0.6) is 0 Å². The first-order valence-electron chi connectivity index (χ1n) is 9.13. The van der Waals surface area contributed by atoms with Gasteiger partial charge in [0, 0.05) is 23.5 Å². The molecule has 0 heterocycles. The van der Waals surface area contributed by atoms with Crippen molar-refractivity contribution in [1.29, 1.82) is 0 Å². The molecule has 3 heteroatoms. The van der Waals surface area contributed by atoms with Gasteiger partial charge >= 0.3 is 0 Å². The number of para-hydroxylation sites is 2. The van der Waals surface area contributed by atoms with Crippen LogP contribution in [0.1, 0.15) is 19.4 Å². The normalized spacial score (nSPS) is 11.3. The average Bonchev–Trinajstić information content (AvgIpc) is 2.72. The first-order valence-corrected chi connectivity index (χ1v) is 9.13. The molecule has 1 amide bonds. The molecule has 0 spiro atoms. The largest absolute Gasteiger partial charge is 0.330 e. The molecule has 0 fully saturated rings. The predicted octanol–water partition coefficient (Wildman–Crippen LogP) is 5.60. The highest BCUT2D eigenvalue weighted by Gasteiger charge is 2.17. The highest BCUT2D eigenvalue weighted by atomic mass is 16.1. The van der Waals surface area contributed by atoms with Gasteiger partial charge in [0.05, 0.1) is 5.70 Å². The van der Waals surface area contributed by atoms with Gasteiger partial charge in [-0.1, -0.05) is 80.6 Å². The molecule has 0 aliphatic heterocycles. The molecule has 0 aliphatic rings. The third kappa shape index (κ3) is 4.64. The van der Waals surface area contributed by atoms with Gasteiger partial charge in [0.25, 0.3) is 0 Å². The number of hydrogen-bond donors (Lipinski definition) is 1. The Morgan fingerprint density at radius 3 is 1.67 bits per heavy atom. The molecule has 0 bridgehead atoms. The number of nitrogens with one attached hydrogen (secondary N) is 1. The van der Waals surface area contributed by atoms with Crippen LogP contribution < -0.4 is 10.2 Å². The van der Waals surface area contributed by atoms with E-state index in [1.165, 1.54) is 0 Å². The van der Waals surface area contributed by atoms with E-state index in [2.05, 4.69) is 34.5 Å². The van der Waals surface area contributed by atoms with Crippen molar-refractivity contribution in [2.45, 2.75) is 13.8 Å². The molecule has 3 aromatic rings. The Morgan fingerprint density at radius 2 is 1.22 bits per heavy atom. The number of hydrogen-bond acceptors (Lipinski definition) is 2. The van der Waals surface area contributed by atoms with Crippen molar-refractivity contribution in [3.63, 3.8) is 0 Å². The fourth-order valence-electron chi connectivity index (χ4n) is 2.77. The van der Waals surface area contributed by atoms with E-state index in [0.717, 1.165) is 22.6 Å². The monoisotopic (exact) mass is 356 g/mol. The summed E-state index contributed by atoms with van der Waals surface area (Å²) in [6.07, 6.45) is 1.80. The van der Waals surface area contributed by atoms with Gasteiger partial charge in [0.15, 0.2) is 0 Å². The number of nitrogens with zero attached hydrogens (tertiary/aromatic N) is 1. The van der Waals surface area contributed by atoms with Gasteiger partial charge in [-0.15, -0.1) is 0 Å². The molecule has 0 aromatic heterocycles. The van der Waals surface area contributed by atoms with Crippen LogP contribution in [0.15, 0.2) is 97.2 Å². The Kier molecular flexibility index (Phi) is 6.06. The van der Waals surface area contributed by atoms with E-state index in [-0.39, 0.29) is 11.8 Å². The van der Waals surface area contributed by atoms with E-state index in [9.17, 15) is 4.79 Å². The molecular weight excluding hydrogens is 332 g/mol. The van der Waals surface area contributed by atoms with Crippen molar-refractivity contribution in [2.24, 2.45) is 5.92 Å². The first-order chi connectivity index (χ1) is 13.2. The van der Waals surface area contributed by atoms with Crippen LogP contribution in [-0.4, -0.2) is 5.91 Å². The molecule has 136 valence electrons. The number of benzene rings is 3. The van der Waals surface area contributed by atoms with Crippen LogP contribution in [0.4, 0.5) is 11.4 Å². The summed E-state index contributed by atoms with van der Waals surface area (Å²) in [5.41, 5.74) is 3.98. The maximum absolute atomic E-state index is 12.2. The second-order valence-corrected chi connectivity index (χ2v) is 6.57. The van der Waals surface area contributed by atoms with E-state index in [1.54, 1.807) is 6.20 Å². The summed E-state index contributed by atoms with van der Waals surface area (Å²) in [6.45, 7) is 3.77. The Bertz CT molecular complexity index is 848. The van der Waals surface area contributed by atoms with Gasteiger partial charge in [-0.2, -0.15) is 0 Å². The zero-order valence-electron chi connectivity index (χ0n) is 15.7. The van der Waals surface area contributed by atoms with Crippen molar-refractivity contribution in [1.82, 2.24) is 5.32 Å². The third-order valence-electron chi connectivity index (χ3n) is 4.21. The molecule has 0 atom stereocenters. The van der Waals surface area contributed by atoms with Crippen molar-refractivity contribution in [3.8, 4) is 0 Å². The lowest BCUT2D eigenvalue weighted by Gasteiger charge is -2.28. The van der Waals surface area contributed by atoms with Gasteiger partial charge in [0.1, 0.15) is 0 Å². The SMILES string of the molecule is CC(C)C(=O)N/C=C(\c1ccccc1)N(c1ccccc1)c1ccccc1. The molecular formula is C24H24N2O. The summed E-state index contributed by atoms with van der Waals surface area (Å²) in [5, 5.41) is 2.96. The van der Waals surface area contributed by atoms with Crippen molar-refractivity contribution in [2.75, 3.05) is 4.90 Å². The molecule has 0 saturated heterocycles. The van der Waals surface area contributed by atoms with Crippen molar-refractivity contribution < 1.29 is 4.79 Å². The van der Waals surface area contributed by atoms with E-state index in [1.807, 2.05) is 80.6 Å². The highest BCUT2D eigenvalue weighted by Crippen LogP contribution is 2.34. The van der Waals surface area contributed by atoms with Crippen LogP contribution in [0.2, 0.25) is 0 Å². The standard InChI is InChI=1S/C24H24N2O/c1-19(2)24(27)25-18-23(20-12-6-3-7-13-20)26(21-14-8-4-9-15-21)22-16-10-5-11-17-22/h3-19H,1-2H3,(H,25,27)/b23-18+. The fraction of sp³-hybridized carbons (Fsp3) is 0.125. The molecule has 0 unspecified atom stereocenters. The second-order valence-electron chi connectivity index (χ2n) is 6.57. The zero-order valence-corrected chi connectivity index (χ0v) is 15.7. The summed E-state index contributed by atoms with van der Waals surface area (Å²) in [6, 6.07) is 30.4. The lowest BCUT2D eigenvalue weighted by atomic mass is 10.1. The molecule has 0 saturated carbocycles. The van der Waals surface area contributed by atoms with E-state index in [0.29, 0.717) is 0 Å². The van der Waals surface area contributed by atoms with Gasteiger partial charge in [0.2, 0.25) is 5.91 Å². The number of carbonyl (C=O) groups excluding carboxylic acids is 1. The molecule has 3 aromatic carbocycles. The Balaban J connectivity index is 2.13. The molecule has 3 rings (SSSR count). The summed E-state index contributed by atoms with van der Waals surface area (Å²) >= 11 is 0. The number of rotatable bonds is 6. The van der Waals surface area contributed by atoms with Crippen LogP contribution >= 0.6 is 0 Å². The van der Waals surface area contributed by atoms with Gasteiger partial charge < -0.3 is 10.2 Å². The summed E-state index contributed by atoms with van der Waals surface area (Å²) in [4.78, 5) is 14.3. The topological polar surface area (TPSA) is 32.3 Å². The molecule has 1 N–H and O–H groups in total. The van der Waals surface area contributed by atoms with Gasteiger partial charge in [-0.3, -0.25) is 4.79 Å². The number of carbonyl (C=O) groups is 1. The maximum Gasteiger partial charge on any atom is 0.226 e. The molecule has 27 heavy (non-hydrogen) atoms. The number of anilines is 2. The summed E-state index contributed by atoms with van der Waals surface area (Å²) < 4.78 is 0. The Labute approximate surface area is 161 Å². The smallest absolute Gasteiger partial charge is 0.226 e. The lowest BCUT2D eigenvalue weighted by molar-refractivity contribution is -0.123. The average molecular weight is 356 g/mol. The molecule has 0 aliphatic carbocycles. The molecule has 0 radical (unpaired) electrons. The summed E-state index contributed by atoms with van der Waals surface area (Å²) in [5.74, 6) is -0.0929. The van der Waals surface area contributed by atoms with Crippen LogP contribution in [0.3, 0.4) is 0 Å². The van der Waals surface area contributed by atoms with Crippen LogP contribution in [0, 0.1) is 5.92 Å². The third-order valence-corrected chi connectivity index (χ3v) is 4.21. The Hall–Kier alpha value is -3.33. The minimum atomic E-state index is -0.0832. The predicted molar refractivity (Wildman–Crippen MR) is 112 cm³/mol. The minimum Gasteiger partial charge on any atom is -0.330 e. The van der Waals surface area contributed by atoms with E-state index in [4.69, 9.17) is 0 Å². The van der Waals surface area contributed by atoms with Crippen LogP contribution in [-0.2, 0) is 4.79 Å². The van der Waals surface area contributed by atoms with Gasteiger partial charge in [-0.05, 0) is 29.8 Å². The van der Waals surface area contributed by atoms with Crippen molar-refractivity contribution in [3.05, 3.63) is 103 Å². The minimum absolute atomic E-state index is 0.00972. The second kappa shape index (κ2) is 8.86. The number of amides is 1. The first kappa shape index (κ1) is 18.5. The van der Waals surface area contributed by atoms with Crippen LogP contribution in [0.25, 0.3) is 5.70 Å². The van der Waals surface area contributed by atoms with E-state index < -0.39 is 0 Å². The summed E-state index contributed by atoms with van der Waals surface area (Å²) in [7, 11) is 0.